The standard InChI is InChI=1S/C20H16N6OS/c1-14-6-5-9-16-19(14)23-20(28-16)26(11-15-7-3-2-4-8-15)18(27)12-25-13-22-17(10-21)24-25/h2-9,13H,11-12H2,1H3. The van der Waals surface area contributed by atoms with Crippen LogP contribution >= 0.6 is 11.3 Å². The van der Waals surface area contributed by atoms with Gasteiger partial charge in [-0.3, -0.25) is 9.69 Å². The van der Waals surface area contributed by atoms with Gasteiger partial charge in [-0.1, -0.05) is 53.8 Å². The van der Waals surface area contributed by atoms with E-state index < -0.39 is 0 Å². The van der Waals surface area contributed by atoms with Crippen LogP contribution in [-0.2, 0) is 17.9 Å². The summed E-state index contributed by atoms with van der Waals surface area (Å²) in [5.74, 6) is -0.132. The summed E-state index contributed by atoms with van der Waals surface area (Å²) in [6.07, 6.45) is 1.39. The number of anilines is 1. The summed E-state index contributed by atoms with van der Waals surface area (Å²) in [7, 11) is 0. The Hall–Kier alpha value is -3.57. The van der Waals surface area contributed by atoms with Crippen LogP contribution in [0.15, 0.2) is 54.9 Å². The van der Waals surface area contributed by atoms with E-state index in [1.54, 1.807) is 4.90 Å². The van der Waals surface area contributed by atoms with Crippen LogP contribution in [0.25, 0.3) is 10.2 Å². The Morgan fingerprint density at radius 2 is 2.04 bits per heavy atom. The van der Waals surface area contributed by atoms with Gasteiger partial charge in [-0.15, -0.1) is 5.10 Å². The molecule has 28 heavy (non-hydrogen) atoms. The summed E-state index contributed by atoms with van der Waals surface area (Å²) in [5.41, 5.74) is 2.98. The molecule has 8 heteroatoms. The molecule has 2 aromatic heterocycles. The first-order valence-corrected chi connectivity index (χ1v) is 9.45. The zero-order valence-electron chi connectivity index (χ0n) is 15.1. The summed E-state index contributed by atoms with van der Waals surface area (Å²) in [5, 5.41) is 13.5. The molecule has 0 aliphatic heterocycles. The summed E-state index contributed by atoms with van der Waals surface area (Å²) in [4.78, 5) is 23.3. The smallest absolute Gasteiger partial charge is 0.252 e. The molecule has 0 unspecified atom stereocenters. The number of rotatable bonds is 5. The minimum absolute atomic E-state index is 0.0174. The van der Waals surface area contributed by atoms with E-state index in [0.717, 1.165) is 21.3 Å². The molecule has 0 saturated heterocycles. The molecule has 138 valence electrons. The molecule has 4 aromatic rings. The Balaban J connectivity index is 1.69. The number of hydrogen-bond acceptors (Lipinski definition) is 6. The van der Waals surface area contributed by atoms with E-state index >= 15 is 0 Å². The maximum absolute atomic E-state index is 13.1. The molecule has 0 atom stereocenters. The molecular weight excluding hydrogens is 372 g/mol. The quantitative estimate of drug-likeness (QED) is 0.523. The third kappa shape index (κ3) is 3.61. The number of nitriles is 1. The van der Waals surface area contributed by atoms with Gasteiger partial charge in [0, 0.05) is 0 Å². The highest BCUT2D eigenvalue weighted by Gasteiger charge is 2.21. The largest absolute Gasteiger partial charge is 0.282 e. The van der Waals surface area contributed by atoms with Crippen LogP contribution in [0, 0.1) is 18.3 Å². The Labute approximate surface area is 165 Å². The Kier molecular flexibility index (Phi) is 4.83. The molecule has 0 saturated carbocycles. The highest BCUT2D eigenvalue weighted by molar-refractivity contribution is 7.22. The van der Waals surface area contributed by atoms with Crippen LogP contribution in [0.3, 0.4) is 0 Å². The lowest BCUT2D eigenvalue weighted by atomic mass is 10.2. The minimum atomic E-state index is -0.171. The summed E-state index contributed by atoms with van der Waals surface area (Å²) >= 11 is 1.48. The Morgan fingerprint density at radius 3 is 2.75 bits per heavy atom. The predicted octanol–water partition coefficient (Wildman–Crippen LogP) is 3.30. The summed E-state index contributed by atoms with van der Waals surface area (Å²) < 4.78 is 2.41. The van der Waals surface area contributed by atoms with Crippen molar-refractivity contribution in [3.63, 3.8) is 0 Å². The van der Waals surface area contributed by atoms with Crippen molar-refractivity contribution in [2.45, 2.75) is 20.0 Å². The normalized spacial score (nSPS) is 10.7. The second-order valence-electron chi connectivity index (χ2n) is 6.26. The fraction of sp³-hybridized carbons (Fsp3) is 0.150. The van der Waals surface area contributed by atoms with E-state index in [0.29, 0.717) is 11.7 Å². The topological polar surface area (TPSA) is 87.7 Å². The molecule has 0 bridgehead atoms. The number of nitrogens with zero attached hydrogens (tertiary/aromatic N) is 6. The van der Waals surface area contributed by atoms with Gasteiger partial charge in [0.1, 0.15) is 18.9 Å². The molecule has 0 fully saturated rings. The van der Waals surface area contributed by atoms with Gasteiger partial charge in [-0.2, -0.15) is 5.26 Å². The highest BCUT2D eigenvalue weighted by atomic mass is 32.1. The van der Waals surface area contributed by atoms with Crippen molar-refractivity contribution in [1.29, 1.82) is 5.26 Å². The van der Waals surface area contributed by atoms with Crippen molar-refractivity contribution in [3.8, 4) is 6.07 Å². The van der Waals surface area contributed by atoms with E-state index in [2.05, 4.69) is 10.1 Å². The molecule has 0 aliphatic rings. The van der Waals surface area contributed by atoms with Gasteiger partial charge < -0.3 is 0 Å². The van der Waals surface area contributed by atoms with Crippen molar-refractivity contribution >= 4 is 32.6 Å². The fourth-order valence-corrected chi connectivity index (χ4v) is 3.92. The zero-order chi connectivity index (χ0) is 19.5. The number of aryl methyl sites for hydroxylation is 1. The number of thiazole rings is 1. The molecule has 2 aromatic carbocycles. The Bertz CT molecular complexity index is 1170. The van der Waals surface area contributed by atoms with Gasteiger partial charge in [0.15, 0.2) is 5.13 Å². The molecular formula is C20H16N6OS. The van der Waals surface area contributed by atoms with E-state index in [9.17, 15) is 4.79 Å². The number of amides is 1. The summed E-state index contributed by atoms with van der Waals surface area (Å²) in [6, 6.07) is 17.6. The first-order chi connectivity index (χ1) is 13.6. The highest BCUT2D eigenvalue weighted by Crippen LogP contribution is 2.31. The lowest BCUT2D eigenvalue weighted by Gasteiger charge is -2.20. The molecule has 0 N–H and O–H groups in total. The number of benzene rings is 2. The van der Waals surface area contributed by atoms with Gasteiger partial charge in [0.25, 0.3) is 11.7 Å². The molecule has 0 radical (unpaired) electrons. The molecule has 0 spiro atoms. The van der Waals surface area contributed by atoms with E-state index in [1.165, 1.54) is 22.3 Å². The monoisotopic (exact) mass is 388 g/mol. The van der Waals surface area contributed by atoms with E-state index in [-0.39, 0.29) is 18.3 Å². The molecule has 0 aliphatic carbocycles. The van der Waals surface area contributed by atoms with Gasteiger partial charge in [-0.05, 0) is 24.1 Å². The van der Waals surface area contributed by atoms with Crippen LogP contribution in [0.1, 0.15) is 17.0 Å². The van der Waals surface area contributed by atoms with Crippen molar-refractivity contribution < 1.29 is 4.79 Å². The SMILES string of the molecule is Cc1cccc2sc(N(Cc3ccccc3)C(=O)Cn3cnc(C#N)n3)nc12. The molecule has 7 nitrogen and oxygen atoms in total. The van der Waals surface area contributed by atoms with Crippen molar-refractivity contribution in [2.24, 2.45) is 0 Å². The zero-order valence-corrected chi connectivity index (χ0v) is 15.9. The van der Waals surface area contributed by atoms with Gasteiger partial charge >= 0.3 is 0 Å². The number of para-hydroxylation sites is 1. The molecule has 2 heterocycles. The van der Waals surface area contributed by atoms with Crippen LogP contribution in [-0.4, -0.2) is 25.7 Å². The van der Waals surface area contributed by atoms with Crippen molar-refractivity contribution in [3.05, 3.63) is 71.8 Å². The minimum Gasteiger partial charge on any atom is -0.282 e. The lowest BCUT2D eigenvalue weighted by molar-refractivity contribution is -0.119. The average Bonchev–Trinajstić information content (AvgIpc) is 3.34. The average molecular weight is 388 g/mol. The van der Waals surface area contributed by atoms with Crippen LogP contribution in [0.5, 0.6) is 0 Å². The van der Waals surface area contributed by atoms with E-state index in [1.807, 2.05) is 61.5 Å². The number of aromatic nitrogens is 4. The Morgan fingerprint density at radius 1 is 1.21 bits per heavy atom. The number of hydrogen-bond donors (Lipinski definition) is 0. The van der Waals surface area contributed by atoms with Crippen molar-refractivity contribution in [2.75, 3.05) is 4.90 Å². The van der Waals surface area contributed by atoms with Crippen LogP contribution in [0.4, 0.5) is 5.13 Å². The van der Waals surface area contributed by atoms with Crippen LogP contribution < -0.4 is 4.90 Å². The second kappa shape index (κ2) is 7.58. The number of carbonyl (C=O) groups excluding carboxylic acids is 1. The first kappa shape index (κ1) is 17.8. The van der Waals surface area contributed by atoms with Gasteiger partial charge in [-0.25, -0.2) is 14.6 Å². The molecule has 4 rings (SSSR count). The number of fused-ring (bicyclic) bond motifs is 1. The second-order valence-corrected chi connectivity index (χ2v) is 7.27. The number of carbonyl (C=O) groups is 1. The van der Waals surface area contributed by atoms with Crippen molar-refractivity contribution in [1.82, 2.24) is 19.7 Å². The van der Waals surface area contributed by atoms with Crippen LogP contribution in [0.2, 0.25) is 0 Å². The third-order valence-corrected chi connectivity index (χ3v) is 5.30. The maximum atomic E-state index is 13.1. The van der Waals surface area contributed by atoms with E-state index in [4.69, 9.17) is 10.2 Å². The third-order valence-electron chi connectivity index (χ3n) is 4.26. The van der Waals surface area contributed by atoms with Gasteiger partial charge in [0.2, 0.25) is 0 Å². The lowest BCUT2D eigenvalue weighted by Crippen LogP contribution is -2.33. The molecule has 1 amide bonds. The van der Waals surface area contributed by atoms with Gasteiger partial charge in [0.05, 0.1) is 16.8 Å². The summed E-state index contributed by atoms with van der Waals surface area (Å²) in [6.45, 7) is 2.39. The predicted molar refractivity (Wildman–Crippen MR) is 107 cm³/mol. The first-order valence-electron chi connectivity index (χ1n) is 8.64. The fourth-order valence-electron chi connectivity index (χ4n) is 2.86. The maximum Gasteiger partial charge on any atom is 0.252 e.